The van der Waals surface area contributed by atoms with Crippen LogP contribution in [0.2, 0.25) is 0 Å². The van der Waals surface area contributed by atoms with Gasteiger partial charge in [-0.15, -0.1) is 22.7 Å². The van der Waals surface area contributed by atoms with Crippen LogP contribution >= 0.6 is 22.7 Å². The molecule has 2 rings (SSSR count). The van der Waals surface area contributed by atoms with Gasteiger partial charge in [0.2, 0.25) is 5.91 Å². The number of nitrogens with one attached hydrogen (secondary N) is 2. The molecule has 0 unspecified atom stereocenters. The number of anilines is 1. The van der Waals surface area contributed by atoms with Crippen molar-refractivity contribution in [3.05, 3.63) is 37.2 Å². The summed E-state index contributed by atoms with van der Waals surface area (Å²) < 4.78 is 9.46. The van der Waals surface area contributed by atoms with Gasteiger partial charge in [0.05, 0.1) is 25.9 Å². The molecule has 0 radical (unpaired) electrons. The molecular formula is C28H42N2O6S2. The molecule has 0 fully saturated rings. The summed E-state index contributed by atoms with van der Waals surface area (Å²) in [7, 11) is 2.70. The van der Waals surface area contributed by atoms with Gasteiger partial charge < -0.3 is 20.1 Å². The van der Waals surface area contributed by atoms with Crippen LogP contribution in [-0.4, -0.2) is 50.4 Å². The molecular weight excluding hydrogens is 524 g/mol. The fourth-order valence-corrected chi connectivity index (χ4v) is 5.40. The van der Waals surface area contributed by atoms with Crippen molar-refractivity contribution >= 4 is 52.0 Å². The van der Waals surface area contributed by atoms with Crippen molar-refractivity contribution in [1.29, 1.82) is 0 Å². The number of amides is 1. The largest absolute Gasteiger partial charge is 0.465 e. The van der Waals surface area contributed by atoms with Crippen LogP contribution in [0.25, 0.3) is 0 Å². The summed E-state index contributed by atoms with van der Waals surface area (Å²) in [6.45, 7) is 12.5. The lowest BCUT2D eigenvalue weighted by molar-refractivity contribution is -0.120. The van der Waals surface area contributed by atoms with E-state index in [1.54, 1.807) is 0 Å². The first-order valence-electron chi connectivity index (χ1n) is 12.9. The number of ketones is 1. The normalized spacial score (nSPS) is 12.1. The zero-order chi connectivity index (χ0) is 28.8. The van der Waals surface area contributed by atoms with Crippen LogP contribution in [0, 0.1) is 19.8 Å². The number of carbonyl (C=O) groups is 4. The van der Waals surface area contributed by atoms with E-state index >= 15 is 0 Å². The fourth-order valence-electron chi connectivity index (χ4n) is 3.48. The molecule has 8 nitrogen and oxygen atoms in total. The van der Waals surface area contributed by atoms with E-state index in [1.165, 1.54) is 36.9 Å². The molecule has 0 bridgehead atoms. The van der Waals surface area contributed by atoms with E-state index in [9.17, 15) is 19.2 Å². The summed E-state index contributed by atoms with van der Waals surface area (Å²) in [5, 5.41) is 9.75. The molecule has 2 aromatic heterocycles. The van der Waals surface area contributed by atoms with Crippen LogP contribution in [-0.2, 0) is 25.5 Å². The maximum Gasteiger partial charge on any atom is 0.350 e. The van der Waals surface area contributed by atoms with Crippen LogP contribution in [0.3, 0.4) is 0 Å². The zero-order valence-corrected chi connectivity index (χ0v) is 25.5. The maximum atomic E-state index is 12.1. The Kier molecular flexibility index (Phi) is 15.1. The minimum atomic E-state index is -0.408. The topological polar surface area (TPSA) is 111 Å². The molecule has 0 saturated heterocycles. The fraction of sp³-hybridized carbons (Fsp3) is 0.571. The van der Waals surface area contributed by atoms with E-state index in [1.807, 2.05) is 38.5 Å². The SMILES string of the molecule is CCCC[C@H](C)C(=O)Nc1c(C)csc1C(=O)OC.CCCN[C@@H](C)C(=O)Cc1c(C)csc1C(=O)OC. The van der Waals surface area contributed by atoms with Gasteiger partial charge in [0, 0.05) is 12.3 Å². The molecule has 2 N–H and O–H groups in total. The summed E-state index contributed by atoms with van der Waals surface area (Å²) in [6, 6.07) is -0.190. The van der Waals surface area contributed by atoms with Crippen LogP contribution in [0.5, 0.6) is 0 Å². The molecule has 0 spiro atoms. The number of aryl methyl sites for hydroxylation is 2. The summed E-state index contributed by atoms with van der Waals surface area (Å²) in [5.74, 6) is -0.769. The van der Waals surface area contributed by atoms with E-state index < -0.39 is 5.97 Å². The number of methoxy groups -OCH3 is 2. The van der Waals surface area contributed by atoms with Gasteiger partial charge in [-0.2, -0.15) is 0 Å². The first kappa shape index (κ1) is 33.5. The van der Waals surface area contributed by atoms with E-state index in [-0.39, 0.29) is 36.0 Å². The van der Waals surface area contributed by atoms with Crippen molar-refractivity contribution < 1.29 is 28.7 Å². The third-order valence-electron chi connectivity index (χ3n) is 6.04. The molecule has 0 aliphatic rings. The first-order valence-corrected chi connectivity index (χ1v) is 14.7. The minimum Gasteiger partial charge on any atom is -0.465 e. The second-order valence-corrected chi connectivity index (χ2v) is 10.9. The number of thiophene rings is 2. The monoisotopic (exact) mass is 566 g/mol. The second-order valence-electron chi connectivity index (χ2n) is 9.18. The maximum absolute atomic E-state index is 12.1. The zero-order valence-electron chi connectivity index (χ0n) is 23.8. The highest BCUT2D eigenvalue weighted by Gasteiger charge is 2.22. The predicted molar refractivity (Wildman–Crippen MR) is 155 cm³/mol. The molecule has 2 atom stereocenters. The van der Waals surface area contributed by atoms with Crippen molar-refractivity contribution in [2.24, 2.45) is 5.92 Å². The Bertz CT molecular complexity index is 991. The van der Waals surface area contributed by atoms with Crippen molar-refractivity contribution in [2.45, 2.75) is 79.7 Å². The lowest BCUT2D eigenvalue weighted by Gasteiger charge is -2.12. The molecule has 0 aliphatic carbocycles. The first-order chi connectivity index (χ1) is 18.0. The molecule has 1 amide bonds. The molecule has 2 aromatic rings. The van der Waals surface area contributed by atoms with Gasteiger partial charge in [-0.3, -0.25) is 9.59 Å². The van der Waals surface area contributed by atoms with E-state index in [4.69, 9.17) is 9.47 Å². The van der Waals surface area contributed by atoms with Gasteiger partial charge in [-0.1, -0.05) is 33.6 Å². The number of rotatable bonds is 13. The summed E-state index contributed by atoms with van der Waals surface area (Å²) in [5.41, 5.74) is 3.25. The summed E-state index contributed by atoms with van der Waals surface area (Å²) in [4.78, 5) is 48.4. The van der Waals surface area contributed by atoms with Gasteiger partial charge >= 0.3 is 11.9 Å². The average Bonchev–Trinajstić information content (AvgIpc) is 3.46. The lowest BCUT2D eigenvalue weighted by Crippen LogP contribution is -2.35. The number of esters is 2. The standard InChI is InChI=1S/2C14H21NO3S/c1-5-6-15-10(3)12(16)7-11-9(2)8-19-13(11)14(17)18-4;1-5-6-7-9(2)13(16)15-11-10(3)8-19-12(11)14(17)18-4/h8,10,15H,5-7H2,1-4H3;8-9H,5-7H2,1-4H3,(H,15,16)/t10-;9-/m00/s1. The Morgan fingerprint density at radius 1 is 0.895 bits per heavy atom. The molecule has 2 heterocycles. The van der Waals surface area contributed by atoms with Crippen LogP contribution in [0.1, 0.15) is 89.4 Å². The molecule has 0 aliphatic heterocycles. The smallest absolute Gasteiger partial charge is 0.350 e. The van der Waals surface area contributed by atoms with Crippen molar-refractivity contribution in [3.8, 4) is 0 Å². The van der Waals surface area contributed by atoms with Crippen molar-refractivity contribution in [2.75, 3.05) is 26.1 Å². The molecule has 10 heteroatoms. The van der Waals surface area contributed by atoms with Crippen LogP contribution < -0.4 is 10.6 Å². The summed E-state index contributed by atoms with van der Waals surface area (Å²) in [6.07, 6.45) is 4.23. The quantitative estimate of drug-likeness (QED) is 0.288. The van der Waals surface area contributed by atoms with Crippen LogP contribution in [0.15, 0.2) is 10.8 Å². The van der Waals surface area contributed by atoms with Crippen molar-refractivity contribution in [1.82, 2.24) is 5.32 Å². The number of ether oxygens (including phenoxy) is 2. The number of hydrogen-bond acceptors (Lipinski definition) is 9. The highest BCUT2D eigenvalue weighted by Crippen LogP contribution is 2.29. The van der Waals surface area contributed by atoms with E-state index in [0.29, 0.717) is 15.4 Å². The second kappa shape index (κ2) is 17.1. The highest BCUT2D eigenvalue weighted by molar-refractivity contribution is 7.13. The Labute approximate surface area is 234 Å². The Hall–Kier alpha value is -2.56. The van der Waals surface area contributed by atoms with Crippen molar-refractivity contribution in [3.63, 3.8) is 0 Å². The van der Waals surface area contributed by atoms with Gasteiger partial charge in [0.25, 0.3) is 0 Å². The Morgan fingerprint density at radius 2 is 1.47 bits per heavy atom. The van der Waals surface area contributed by atoms with Gasteiger partial charge in [0.1, 0.15) is 9.75 Å². The van der Waals surface area contributed by atoms with Gasteiger partial charge in [-0.05, 0) is 67.6 Å². The lowest BCUT2D eigenvalue weighted by atomic mass is 10.0. The molecule has 38 heavy (non-hydrogen) atoms. The van der Waals surface area contributed by atoms with Crippen LogP contribution in [0.4, 0.5) is 5.69 Å². The molecule has 0 aromatic carbocycles. The third-order valence-corrected chi connectivity index (χ3v) is 8.24. The molecule has 212 valence electrons. The number of hydrogen-bond donors (Lipinski definition) is 2. The van der Waals surface area contributed by atoms with Gasteiger partial charge in [-0.25, -0.2) is 9.59 Å². The third kappa shape index (κ3) is 9.96. The van der Waals surface area contributed by atoms with E-state index in [0.717, 1.165) is 48.9 Å². The van der Waals surface area contributed by atoms with Gasteiger partial charge in [0.15, 0.2) is 5.78 Å². The Morgan fingerprint density at radius 3 is 2.05 bits per heavy atom. The predicted octanol–water partition coefficient (Wildman–Crippen LogP) is 5.95. The average molecular weight is 567 g/mol. The highest BCUT2D eigenvalue weighted by atomic mass is 32.1. The van der Waals surface area contributed by atoms with E-state index in [2.05, 4.69) is 24.5 Å². The number of Topliss-reactive ketones (excluding diaryl/α,β-unsaturated/α-hetero) is 1. The molecule has 0 saturated carbocycles. The minimum absolute atomic E-state index is 0.0416. The number of carbonyl (C=O) groups excluding carboxylic acids is 4. The number of unbranched alkanes of at least 4 members (excludes halogenated alkanes) is 1. The Balaban J connectivity index is 0.000000380. The summed E-state index contributed by atoms with van der Waals surface area (Å²) >= 11 is 2.62.